The predicted molar refractivity (Wildman–Crippen MR) is 110 cm³/mol. The molecule has 0 saturated heterocycles. The molecule has 35 heavy (non-hydrogen) atoms. The number of hydrogen-bond donors (Lipinski definition) is 7. The fourth-order valence-corrected chi connectivity index (χ4v) is 7.36. The van der Waals surface area contributed by atoms with Gasteiger partial charge in [-0.2, -0.15) is 18.8 Å². The highest BCUT2D eigenvalue weighted by molar-refractivity contribution is 7.66. The molecule has 18 heteroatoms. The van der Waals surface area contributed by atoms with Gasteiger partial charge in [-0.1, -0.05) is 4.98 Å². The van der Waals surface area contributed by atoms with Crippen LogP contribution in [0.1, 0.15) is 24.9 Å². The van der Waals surface area contributed by atoms with Crippen molar-refractivity contribution >= 4 is 27.5 Å². The average molecular weight is 539 g/mol. The van der Waals surface area contributed by atoms with Crippen LogP contribution in [-0.4, -0.2) is 82.4 Å². The minimum atomic E-state index is -5.14. The van der Waals surface area contributed by atoms with Crippen molar-refractivity contribution in [1.29, 1.82) is 0 Å². The van der Waals surface area contributed by atoms with Gasteiger partial charge in [-0.05, 0) is 12.8 Å². The molecular formula is C17H25N4O12P2+. The van der Waals surface area contributed by atoms with Crippen molar-refractivity contribution < 1.29 is 57.9 Å². The smallest absolute Gasteiger partial charge is 0.434 e. The Hall–Kier alpha value is -1.23. The average Bonchev–Trinajstić information content (AvgIpc) is 3.38. The van der Waals surface area contributed by atoms with Crippen molar-refractivity contribution in [2.24, 2.45) is 11.8 Å². The number of nitrogens with one attached hydrogen (secondary N) is 1. The fourth-order valence-electron chi connectivity index (χ4n) is 5.18. The highest BCUT2D eigenvalue weighted by Gasteiger charge is 2.53. The SMILES string of the molecule is O=c1[nH]cnc2c1n1c[n+]2[C@@H]2C[C@H](CO[P+]([O-])(O)O[P+]([O-])(O)OC[C@H]3C[C@@H]1[C@H](O)[C@@H]3O)[C@@H](O)[C@H]2O. The third kappa shape index (κ3) is 4.53. The van der Waals surface area contributed by atoms with E-state index in [9.17, 15) is 44.8 Å². The molecule has 5 rings (SSSR count). The summed E-state index contributed by atoms with van der Waals surface area (Å²) in [7, 11) is -10.3. The highest BCUT2D eigenvalue weighted by Crippen LogP contribution is 2.65. The van der Waals surface area contributed by atoms with Gasteiger partial charge in [0.25, 0.3) is 5.56 Å². The van der Waals surface area contributed by atoms with E-state index in [1.54, 1.807) is 0 Å². The van der Waals surface area contributed by atoms with E-state index in [0.717, 1.165) is 6.33 Å². The Morgan fingerprint density at radius 3 is 2.26 bits per heavy atom. The molecule has 0 aromatic carbocycles. The minimum absolute atomic E-state index is 0.00630. The van der Waals surface area contributed by atoms with Gasteiger partial charge < -0.3 is 30.2 Å². The van der Waals surface area contributed by atoms with Gasteiger partial charge in [-0.15, -0.1) is 0 Å². The third-order valence-corrected chi connectivity index (χ3v) is 9.53. The van der Waals surface area contributed by atoms with E-state index in [1.165, 1.54) is 15.5 Å². The molecule has 2 unspecified atom stereocenters. The number of nitrogens with zero attached hydrogens (tertiary/aromatic N) is 3. The first kappa shape index (κ1) is 25.4. The summed E-state index contributed by atoms with van der Waals surface area (Å²) in [6.07, 6.45) is -3.13. The molecule has 6 bridgehead atoms. The maximum atomic E-state index is 12.7. The molecule has 0 amide bonds. The van der Waals surface area contributed by atoms with Gasteiger partial charge in [-0.3, -0.25) is 9.78 Å². The Balaban J connectivity index is 1.62. The van der Waals surface area contributed by atoms with Crippen LogP contribution in [0.25, 0.3) is 11.2 Å². The molecule has 2 saturated carbocycles. The lowest BCUT2D eigenvalue weighted by Crippen LogP contribution is -2.45. The van der Waals surface area contributed by atoms with Crippen molar-refractivity contribution in [3.8, 4) is 0 Å². The maximum Gasteiger partial charge on any atom is 0.434 e. The van der Waals surface area contributed by atoms with Gasteiger partial charge in [0.15, 0.2) is 12.7 Å². The topological polar surface area (TPSA) is 250 Å². The van der Waals surface area contributed by atoms with Crippen LogP contribution < -0.4 is 19.9 Å². The Kier molecular flexibility index (Phi) is 6.51. The van der Waals surface area contributed by atoms with Crippen molar-refractivity contribution in [1.82, 2.24) is 14.5 Å². The van der Waals surface area contributed by atoms with E-state index in [-0.39, 0.29) is 24.0 Å². The van der Waals surface area contributed by atoms with Gasteiger partial charge in [0.2, 0.25) is 5.52 Å². The number of aromatic nitrogens is 4. The van der Waals surface area contributed by atoms with Crippen LogP contribution in [0.15, 0.2) is 17.4 Å². The van der Waals surface area contributed by atoms with E-state index in [1.807, 2.05) is 0 Å². The normalized spacial score (nSPS) is 44.7. The fraction of sp³-hybridized carbons (Fsp3) is 0.706. The third-order valence-electron chi connectivity index (χ3n) is 6.93. The van der Waals surface area contributed by atoms with Crippen molar-refractivity contribution in [3.63, 3.8) is 0 Å². The largest absolute Gasteiger partial charge is 0.603 e. The van der Waals surface area contributed by atoms with Crippen LogP contribution in [0.3, 0.4) is 0 Å². The quantitative estimate of drug-likeness (QED) is 0.124. The van der Waals surface area contributed by atoms with E-state index < -0.39 is 83.4 Å². The summed E-state index contributed by atoms with van der Waals surface area (Å²) in [6, 6.07) is -1.75. The number of aliphatic hydroxyl groups excluding tert-OH is 4. The Bertz CT molecular complexity index is 1160. The number of phosphoric ester groups is 2. The second kappa shape index (κ2) is 8.96. The molecule has 194 valence electrons. The second-order valence-electron chi connectivity index (χ2n) is 9.03. The van der Waals surface area contributed by atoms with Crippen molar-refractivity contribution in [2.75, 3.05) is 13.2 Å². The van der Waals surface area contributed by atoms with Crippen LogP contribution in [0.5, 0.6) is 0 Å². The Morgan fingerprint density at radius 1 is 1.00 bits per heavy atom. The maximum absolute atomic E-state index is 12.7. The predicted octanol–water partition coefficient (Wildman–Crippen LogP) is -4.30. The van der Waals surface area contributed by atoms with E-state index >= 15 is 0 Å². The second-order valence-corrected chi connectivity index (χ2v) is 12.1. The number of imidazole rings is 1. The molecule has 3 aliphatic rings. The lowest BCUT2D eigenvalue weighted by atomic mass is 10.1. The first-order valence-electron chi connectivity index (χ1n) is 10.8. The molecule has 7 N–H and O–H groups in total. The molecule has 2 aromatic heterocycles. The van der Waals surface area contributed by atoms with Crippen LogP contribution in [0, 0.1) is 11.8 Å². The van der Waals surface area contributed by atoms with E-state index in [4.69, 9.17) is 9.05 Å². The summed E-state index contributed by atoms with van der Waals surface area (Å²) < 4.78 is 16.7. The van der Waals surface area contributed by atoms with Crippen LogP contribution in [0.2, 0.25) is 0 Å². The van der Waals surface area contributed by atoms with Crippen LogP contribution in [0.4, 0.5) is 0 Å². The zero-order valence-corrected chi connectivity index (χ0v) is 19.8. The van der Waals surface area contributed by atoms with Crippen molar-refractivity contribution in [3.05, 3.63) is 23.0 Å². The number of aromatic amines is 1. The summed E-state index contributed by atoms with van der Waals surface area (Å²) in [5, 5.41) is 42.6. The zero-order valence-electron chi connectivity index (χ0n) is 18.0. The summed E-state index contributed by atoms with van der Waals surface area (Å²) in [4.78, 5) is 63.6. The summed E-state index contributed by atoms with van der Waals surface area (Å²) in [6.45, 7) is -1.24. The molecule has 2 aliphatic carbocycles. The molecule has 10 atom stereocenters. The van der Waals surface area contributed by atoms with Gasteiger partial charge in [0.05, 0.1) is 12.2 Å². The standard InChI is InChI=1S/C17H24N4O12P2/c22-12-7-1-9(14(12)24)20-6-21(16-11(20)17(26)19-5-18-16)10-2-8(13(23)15(10)25)4-32-35(29,30)33-34(27,28)31-3-7/h5-10,12-15,22-25H,1-4H2,(H2-,18,19,26,27,28,29,30)/p+1/t7-,8-,9-,10-,12-,13-,14+,15+/m1/s1. The molecule has 0 spiro atoms. The number of aliphatic hydroxyl groups is 4. The van der Waals surface area contributed by atoms with Gasteiger partial charge >= 0.3 is 22.0 Å². The van der Waals surface area contributed by atoms with Gasteiger partial charge in [0, 0.05) is 16.1 Å². The first-order valence-corrected chi connectivity index (χ1v) is 13.8. The number of H-pyrrole nitrogens is 1. The minimum Gasteiger partial charge on any atom is -0.603 e. The number of fused-ring (bicyclic) bond motifs is 11. The Morgan fingerprint density at radius 2 is 1.60 bits per heavy atom. The van der Waals surface area contributed by atoms with Crippen LogP contribution in [-0.2, 0) is 13.4 Å². The van der Waals surface area contributed by atoms with E-state index in [0.29, 0.717) is 0 Å². The molecule has 2 aromatic rings. The lowest BCUT2D eigenvalue weighted by molar-refractivity contribution is -0.707. The van der Waals surface area contributed by atoms with Gasteiger partial charge in [0.1, 0.15) is 37.5 Å². The zero-order chi connectivity index (χ0) is 25.3. The summed E-state index contributed by atoms with van der Waals surface area (Å²) in [5.41, 5.74) is -0.393. The van der Waals surface area contributed by atoms with E-state index in [2.05, 4.69) is 14.3 Å². The first-order chi connectivity index (χ1) is 16.4. The number of hydrogen-bond acceptors (Lipinski definition) is 13. The number of rotatable bonds is 0. The molecular weight excluding hydrogens is 514 g/mol. The molecule has 3 heterocycles. The highest BCUT2D eigenvalue weighted by atomic mass is 31.3. The molecule has 0 radical (unpaired) electrons. The Labute approximate surface area is 197 Å². The number of phosphoric acid groups is 2. The molecule has 16 nitrogen and oxygen atoms in total. The van der Waals surface area contributed by atoms with Crippen molar-refractivity contribution in [2.45, 2.75) is 49.3 Å². The molecule has 1 aliphatic heterocycles. The summed E-state index contributed by atoms with van der Waals surface area (Å²) >= 11 is 0. The molecule has 2 fully saturated rings. The summed E-state index contributed by atoms with van der Waals surface area (Å²) in [5.74, 6) is -1.82. The lowest BCUT2D eigenvalue weighted by Gasteiger charge is -2.26. The monoisotopic (exact) mass is 539 g/mol. The van der Waals surface area contributed by atoms with Crippen LogP contribution >= 0.6 is 16.3 Å². The van der Waals surface area contributed by atoms with Gasteiger partial charge in [-0.25, -0.2) is 9.13 Å².